The first-order valence-electron chi connectivity index (χ1n) is 10.9. The zero-order chi connectivity index (χ0) is 19.9. The van der Waals surface area contributed by atoms with Gasteiger partial charge in [-0.3, -0.25) is 4.79 Å². The predicted molar refractivity (Wildman–Crippen MR) is 122 cm³/mol. The number of carbonyl (C=O) groups excluding carboxylic acids is 1. The fourth-order valence-electron chi connectivity index (χ4n) is 3.20. The molecule has 0 fully saturated rings. The van der Waals surface area contributed by atoms with Gasteiger partial charge in [0.25, 0.3) is 0 Å². The number of hydrogen-bond donors (Lipinski definition) is 0. The van der Waals surface area contributed by atoms with E-state index in [1.807, 2.05) is 18.2 Å². The van der Waals surface area contributed by atoms with Crippen LogP contribution in [0.15, 0.2) is 28.6 Å². The van der Waals surface area contributed by atoms with E-state index < -0.39 is 0 Å². The van der Waals surface area contributed by atoms with Gasteiger partial charge < -0.3 is 4.74 Å². The molecule has 0 aliphatic carbocycles. The van der Waals surface area contributed by atoms with Gasteiger partial charge in [0.05, 0.1) is 22.6 Å². The van der Waals surface area contributed by atoms with Crippen molar-refractivity contribution in [2.75, 3.05) is 12.4 Å². The molecule has 0 bridgehead atoms. The van der Waals surface area contributed by atoms with Crippen molar-refractivity contribution >= 4 is 39.3 Å². The molecule has 2 aromatic rings. The van der Waals surface area contributed by atoms with Crippen molar-refractivity contribution in [2.45, 2.75) is 88.3 Å². The first-order chi connectivity index (χ1) is 13.8. The molecular weight excluding hydrogens is 386 g/mol. The van der Waals surface area contributed by atoms with Gasteiger partial charge in [0, 0.05) is 0 Å². The molecule has 2 rings (SSSR count). The second-order valence-electron chi connectivity index (χ2n) is 7.35. The molecule has 0 saturated heterocycles. The number of aromatic nitrogens is 1. The molecule has 1 aromatic heterocycles. The van der Waals surface area contributed by atoms with E-state index >= 15 is 0 Å². The maximum atomic E-state index is 11.9. The third kappa shape index (κ3) is 9.92. The summed E-state index contributed by atoms with van der Waals surface area (Å²) < 4.78 is 7.44. The van der Waals surface area contributed by atoms with Crippen LogP contribution in [0.1, 0.15) is 84.0 Å². The molecule has 0 aliphatic heterocycles. The Balaban J connectivity index is 1.39. The smallest absolute Gasteiger partial charge is 0.316 e. The molecule has 1 heterocycles. The molecule has 0 radical (unpaired) electrons. The Morgan fingerprint density at radius 2 is 1.54 bits per heavy atom. The van der Waals surface area contributed by atoms with Crippen LogP contribution in [0.2, 0.25) is 0 Å². The highest BCUT2D eigenvalue weighted by atomic mass is 32.2. The summed E-state index contributed by atoms with van der Waals surface area (Å²) in [6, 6.07) is 8.06. The second-order valence-corrected chi connectivity index (χ2v) is 9.60. The first kappa shape index (κ1) is 23.2. The molecule has 1 aromatic carbocycles. The maximum absolute atomic E-state index is 11.9. The van der Waals surface area contributed by atoms with E-state index in [2.05, 4.69) is 18.0 Å². The monoisotopic (exact) mass is 421 g/mol. The van der Waals surface area contributed by atoms with Gasteiger partial charge >= 0.3 is 5.97 Å². The van der Waals surface area contributed by atoms with Gasteiger partial charge in [0.1, 0.15) is 0 Å². The molecule has 0 atom stereocenters. The Labute approximate surface area is 178 Å². The van der Waals surface area contributed by atoms with E-state index in [4.69, 9.17) is 4.74 Å². The van der Waals surface area contributed by atoms with Crippen molar-refractivity contribution < 1.29 is 9.53 Å². The highest BCUT2D eigenvalue weighted by Gasteiger charge is 2.08. The average molecular weight is 422 g/mol. The molecule has 0 aliphatic rings. The summed E-state index contributed by atoms with van der Waals surface area (Å²) >= 11 is 3.10. The number of carbonyl (C=O) groups is 1. The van der Waals surface area contributed by atoms with Crippen LogP contribution in [-0.2, 0) is 9.53 Å². The summed E-state index contributed by atoms with van der Waals surface area (Å²) in [5.41, 5.74) is 1.000. The third-order valence-electron chi connectivity index (χ3n) is 4.85. The Hall–Kier alpha value is -1.07. The number of para-hydroxylation sites is 1. The highest BCUT2D eigenvalue weighted by molar-refractivity contribution is 8.01. The van der Waals surface area contributed by atoms with E-state index in [9.17, 15) is 4.79 Å². The lowest BCUT2D eigenvalue weighted by atomic mass is 10.1. The Morgan fingerprint density at radius 1 is 0.929 bits per heavy atom. The van der Waals surface area contributed by atoms with E-state index in [-0.39, 0.29) is 5.97 Å². The predicted octanol–water partition coefficient (Wildman–Crippen LogP) is 7.63. The van der Waals surface area contributed by atoms with Gasteiger partial charge in [0.15, 0.2) is 4.34 Å². The van der Waals surface area contributed by atoms with Gasteiger partial charge in [0.2, 0.25) is 0 Å². The number of ether oxygens (including phenoxy) is 1. The van der Waals surface area contributed by atoms with Gasteiger partial charge in [-0.1, -0.05) is 101 Å². The molecule has 0 N–H and O–H groups in total. The second kappa shape index (κ2) is 14.9. The minimum Gasteiger partial charge on any atom is -0.465 e. The van der Waals surface area contributed by atoms with Crippen LogP contribution in [0.5, 0.6) is 0 Å². The number of esters is 1. The van der Waals surface area contributed by atoms with Crippen LogP contribution < -0.4 is 0 Å². The molecule has 0 saturated carbocycles. The zero-order valence-corrected chi connectivity index (χ0v) is 18.9. The number of thioether (sulfide) groups is 1. The minimum atomic E-state index is -0.132. The van der Waals surface area contributed by atoms with Crippen molar-refractivity contribution in [1.29, 1.82) is 0 Å². The quantitative estimate of drug-likeness (QED) is 0.159. The summed E-state index contributed by atoms with van der Waals surface area (Å²) in [6.07, 6.45) is 15.8. The Kier molecular flexibility index (Phi) is 12.3. The van der Waals surface area contributed by atoms with Crippen LogP contribution in [0, 0.1) is 0 Å². The van der Waals surface area contributed by atoms with Crippen LogP contribution >= 0.6 is 23.1 Å². The molecule has 0 spiro atoms. The molecule has 156 valence electrons. The van der Waals surface area contributed by atoms with E-state index in [0.717, 1.165) is 27.4 Å². The van der Waals surface area contributed by atoms with Crippen LogP contribution in [0.25, 0.3) is 10.2 Å². The molecular formula is C23H35NO2S2. The van der Waals surface area contributed by atoms with Crippen LogP contribution in [0.4, 0.5) is 0 Å². The Morgan fingerprint density at radius 3 is 2.18 bits per heavy atom. The fraction of sp³-hybridized carbons (Fsp3) is 0.652. The number of nitrogens with zero attached hydrogens (tertiary/aromatic N) is 1. The lowest BCUT2D eigenvalue weighted by Gasteiger charge is -2.04. The van der Waals surface area contributed by atoms with Gasteiger partial charge in [-0.25, -0.2) is 4.98 Å². The fourth-order valence-corrected chi connectivity index (χ4v) is 5.07. The Bertz CT molecular complexity index is 638. The maximum Gasteiger partial charge on any atom is 0.316 e. The van der Waals surface area contributed by atoms with E-state index in [1.54, 1.807) is 11.3 Å². The summed E-state index contributed by atoms with van der Waals surface area (Å²) in [6.45, 7) is 2.82. The van der Waals surface area contributed by atoms with Gasteiger partial charge in [-0.05, 0) is 18.6 Å². The zero-order valence-electron chi connectivity index (χ0n) is 17.3. The van der Waals surface area contributed by atoms with Gasteiger partial charge in [-0.2, -0.15) is 0 Å². The van der Waals surface area contributed by atoms with Crippen molar-refractivity contribution in [1.82, 2.24) is 4.98 Å². The number of rotatable bonds is 16. The van der Waals surface area contributed by atoms with Gasteiger partial charge in [-0.15, -0.1) is 11.3 Å². The van der Waals surface area contributed by atoms with Crippen molar-refractivity contribution in [3.8, 4) is 0 Å². The topological polar surface area (TPSA) is 39.2 Å². The summed E-state index contributed by atoms with van der Waals surface area (Å²) in [4.78, 5) is 16.4. The highest BCUT2D eigenvalue weighted by Crippen LogP contribution is 2.29. The summed E-state index contributed by atoms with van der Waals surface area (Å²) in [5, 5.41) is 0. The lowest BCUT2D eigenvalue weighted by Crippen LogP contribution is -2.08. The van der Waals surface area contributed by atoms with E-state index in [0.29, 0.717) is 12.4 Å². The summed E-state index contributed by atoms with van der Waals surface area (Å²) in [5.74, 6) is 0.213. The van der Waals surface area contributed by atoms with Crippen LogP contribution in [0.3, 0.4) is 0 Å². The number of hydrogen-bond acceptors (Lipinski definition) is 5. The normalized spacial score (nSPS) is 11.2. The van der Waals surface area contributed by atoms with Crippen molar-refractivity contribution in [2.24, 2.45) is 0 Å². The number of unbranched alkanes of at least 4 members (excludes halogenated alkanes) is 11. The molecule has 5 heteroatoms. The van der Waals surface area contributed by atoms with Crippen LogP contribution in [-0.4, -0.2) is 23.3 Å². The third-order valence-corrected chi connectivity index (χ3v) is 7.00. The van der Waals surface area contributed by atoms with Crippen molar-refractivity contribution in [3.63, 3.8) is 0 Å². The molecule has 0 unspecified atom stereocenters. The first-order valence-corrected chi connectivity index (χ1v) is 12.7. The average Bonchev–Trinajstić information content (AvgIpc) is 3.13. The minimum absolute atomic E-state index is 0.132. The standard InChI is InChI=1S/C23H35NO2S2/c1-2-3-4-5-6-7-8-9-10-11-12-15-18-26-22(25)19-27-23-24-20-16-13-14-17-21(20)28-23/h13-14,16-17H,2-12,15,18-19H2,1H3. The summed E-state index contributed by atoms with van der Waals surface area (Å²) in [7, 11) is 0. The SMILES string of the molecule is CCCCCCCCCCCCCCOC(=O)CSc1nc2ccccc2s1. The lowest BCUT2D eigenvalue weighted by molar-refractivity contribution is -0.140. The molecule has 28 heavy (non-hydrogen) atoms. The molecule has 0 amide bonds. The largest absolute Gasteiger partial charge is 0.465 e. The van der Waals surface area contributed by atoms with E-state index in [1.165, 1.54) is 76.0 Å². The van der Waals surface area contributed by atoms with Crippen molar-refractivity contribution in [3.05, 3.63) is 24.3 Å². The molecule has 3 nitrogen and oxygen atoms in total. The number of thiazole rings is 1. The number of benzene rings is 1. The number of fused-ring (bicyclic) bond motifs is 1.